The van der Waals surface area contributed by atoms with Gasteiger partial charge in [0.05, 0.1) is 6.10 Å². The fourth-order valence-electron chi connectivity index (χ4n) is 1.30. The maximum absolute atomic E-state index is 10.2. The molecule has 82 valence electrons. The lowest BCUT2D eigenvalue weighted by Crippen LogP contribution is -2.22. The molecule has 1 rings (SSSR count). The van der Waals surface area contributed by atoms with Crippen LogP contribution in [0.3, 0.4) is 0 Å². The van der Waals surface area contributed by atoms with Crippen molar-refractivity contribution in [3.05, 3.63) is 46.5 Å². The summed E-state index contributed by atoms with van der Waals surface area (Å²) in [7, 11) is 0. The monoisotopic (exact) mass is 268 g/mol. The fourth-order valence-corrected chi connectivity index (χ4v) is 1.56. The van der Waals surface area contributed by atoms with Crippen molar-refractivity contribution in [1.82, 2.24) is 0 Å². The highest BCUT2D eigenvalue weighted by molar-refractivity contribution is 9.10. The van der Waals surface area contributed by atoms with E-state index in [4.69, 9.17) is 0 Å². The highest BCUT2D eigenvalue weighted by Gasteiger charge is 2.29. The summed E-state index contributed by atoms with van der Waals surface area (Å²) >= 11 is 3.37. The van der Waals surface area contributed by atoms with Crippen molar-refractivity contribution in [2.45, 2.75) is 26.9 Å². The minimum Gasteiger partial charge on any atom is -0.388 e. The first kappa shape index (κ1) is 12.5. The Bertz CT molecular complexity index is 351. The summed E-state index contributed by atoms with van der Waals surface area (Å²) in [4.78, 5) is 0. The molecule has 2 heteroatoms. The van der Waals surface area contributed by atoms with Crippen molar-refractivity contribution in [3.63, 3.8) is 0 Å². The molecule has 0 aromatic heterocycles. The van der Waals surface area contributed by atoms with Gasteiger partial charge in [-0.3, -0.25) is 0 Å². The summed E-state index contributed by atoms with van der Waals surface area (Å²) in [5.41, 5.74) is 1.61. The molecule has 15 heavy (non-hydrogen) atoms. The highest BCUT2D eigenvalue weighted by atomic mass is 79.9. The number of aliphatic hydroxyl groups excluding tert-OH is 1. The molecule has 0 bridgehead atoms. The number of halogens is 1. The van der Waals surface area contributed by atoms with Gasteiger partial charge in [-0.25, -0.2) is 0 Å². The van der Waals surface area contributed by atoms with Crippen LogP contribution >= 0.6 is 15.9 Å². The predicted molar refractivity (Wildman–Crippen MR) is 67.7 cm³/mol. The molecule has 0 heterocycles. The Morgan fingerprint density at radius 2 is 1.80 bits per heavy atom. The van der Waals surface area contributed by atoms with Crippen molar-refractivity contribution < 1.29 is 5.11 Å². The summed E-state index contributed by atoms with van der Waals surface area (Å²) in [5.74, 6) is 0. The Morgan fingerprint density at radius 3 is 2.20 bits per heavy atom. The van der Waals surface area contributed by atoms with E-state index in [0.717, 1.165) is 15.6 Å². The summed E-state index contributed by atoms with van der Waals surface area (Å²) in [6.07, 6.45) is -0.511. The first-order chi connectivity index (χ1) is 6.85. The maximum Gasteiger partial charge on any atom is 0.0877 e. The molecule has 0 amide bonds. The second-order valence-electron chi connectivity index (χ2n) is 4.46. The van der Waals surface area contributed by atoms with Crippen LogP contribution in [0.4, 0.5) is 0 Å². The average Bonchev–Trinajstić information content (AvgIpc) is 2.17. The van der Waals surface area contributed by atoms with Crippen molar-refractivity contribution in [1.29, 1.82) is 0 Å². The predicted octanol–water partition coefficient (Wildman–Crippen LogP) is 4.08. The van der Waals surface area contributed by atoms with Crippen LogP contribution in [0.25, 0.3) is 0 Å². The Kier molecular flexibility index (Phi) is 3.74. The molecule has 1 unspecified atom stereocenters. The van der Waals surface area contributed by atoms with E-state index in [1.165, 1.54) is 0 Å². The molecule has 1 nitrogen and oxygen atoms in total. The van der Waals surface area contributed by atoms with Crippen LogP contribution in [0.2, 0.25) is 0 Å². The van der Waals surface area contributed by atoms with Gasteiger partial charge in [0.25, 0.3) is 0 Å². The number of hydrogen-bond acceptors (Lipinski definition) is 1. The topological polar surface area (TPSA) is 20.2 Å². The molecule has 0 aliphatic carbocycles. The van der Waals surface area contributed by atoms with Crippen LogP contribution < -0.4 is 0 Å². The van der Waals surface area contributed by atoms with Gasteiger partial charge in [0.2, 0.25) is 0 Å². The van der Waals surface area contributed by atoms with Gasteiger partial charge < -0.3 is 5.11 Å². The van der Waals surface area contributed by atoms with E-state index in [1.54, 1.807) is 0 Å². The quantitative estimate of drug-likeness (QED) is 0.819. The highest BCUT2D eigenvalue weighted by Crippen LogP contribution is 2.38. The van der Waals surface area contributed by atoms with Gasteiger partial charge in [0, 0.05) is 9.89 Å². The minimum atomic E-state index is -0.511. The fraction of sp³-hybridized carbons (Fsp3) is 0.385. The summed E-state index contributed by atoms with van der Waals surface area (Å²) < 4.78 is 1.02. The molecule has 0 spiro atoms. The van der Waals surface area contributed by atoms with E-state index < -0.39 is 6.10 Å². The van der Waals surface area contributed by atoms with E-state index in [0.29, 0.717) is 0 Å². The van der Waals surface area contributed by atoms with Crippen molar-refractivity contribution in [3.8, 4) is 0 Å². The Balaban J connectivity index is 2.99. The molecular formula is C13H17BrO. The third kappa shape index (κ3) is 2.70. The molecule has 0 radical (unpaired) electrons. The number of hydrogen-bond donors (Lipinski definition) is 1. The molecule has 1 N–H and O–H groups in total. The zero-order chi connectivity index (χ0) is 11.6. The Hall–Kier alpha value is -0.600. The van der Waals surface area contributed by atoms with E-state index in [1.807, 2.05) is 45.0 Å². The minimum absolute atomic E-state index is 0.298. The molecule has 0 fully saturated rings. The average molecular weight is 269 g/mol. The lowest BCUT2D eigenvalue weighted by atomic mass is 9.77. The Morgan fingerprint density at radius 1 is 1.33 bits per heavy atom. The standard InChI is InChI=1S/C13H17BrO/c1-9(2)13(3,4)12(15)10-5-7-11(14)8-6-10/h5-8,12,15H,1H2,2-4H3. The molecular weight excluding hydrogens is 252 g/mol. The van der Waals surface area contributed by atoms with Gasteiger partial charge in [-0.1, -0.05) is 54.1 Å². The number of aliphatic hydroxyl groups is 1. The number of rotatable bonds is 3. The van der Waals surface area contributed by atoms with Gasteiger partial charge in [-0.2, -0.15) is 0 Å². The zero-order valence-electron chi connectivity index (χ0n) is 9.42. The lowest BCUT2D eigenvalue weighted by molar-refractivity contribution is 0.0746. The van der Waals surface area contributed by atoms with Crippen LogP contribution in [-0.4, -0.2) is 5.11 Å². The van der Waals surface area contributed by atoms with E-state index in [9.17, 15) is 5.11 Å². The molecule has 0 saturated heterocycles. The summed E-state index contributed by atoms with van der Waals surface area (Å²) in [5, 5.41) is 10.2. The molecule has 1 aromatic carbocycles. The van der Waals surface area contributed by atoms with Gasteiger partial charge in [0.1, 0.15) is 0 Å². The SMILES string of the molecule is C=C(C)C(C)(C)C(O)c1ccc(Br)cc1. The Labute approximate surface area is 100.0 Å². The van der Waals surface area contributed by atoms with E-state index in [2.05, 4.69) is 22.5 Å². The normalized spacial score (nSPS) is 13.7. The van der Waals surface area contributed by atoms with E-state index in [-0.39, 0.29) is 5.41 Å². The first-order valence-electron chi connectivity index (χ1n) is 4.95. The van der Waals surface area contributed by atoms with Gasteiger partial charge >= 0.3 is 0 Å². The van der Waals surface area contributed by atoms with Crippen LogP contribution in [0, 0.1) is 5.41 Å². The van der Waals surface area contributed by atoms with Crippen LogP contribution in [0.1, 0.15) is 32.4 Å². The lowest BCUT2D eigenvalue weighted by Gasteiger charge is -2.31. The first-order valence-corrected chi connectivity index (χ1v) is 5.74. The molecule has 0 saturated carbocycles. The molecule has 0 aliphatic rings. The van der Waals surface area contributed by atoms with Gasteiger partial charge in [-0.05, 0) is 24.6 Å². The van der Waals surface area contributed by atoms with Gasteiger partial charge in [0.15, 0.2) is 0 Å². The smallest absolute Gasteiger partial charge is 0.0877 e. The summed E-state index contributed by atoms with van der Waals surface area (Å²) in [6.45, 7) is 9.87. The van der Waals surface area contributed by atoms with Crippen LogP contribution in [-0.2, 0) is 0 Å². The van der Waals surface area contributed by atoms with Crippen molar-refractivity contribution >= 4 is 15.9 Å². The molecule has 1 aromatic rings. The molecule has 0 aliphatic heterocycles. The zero-order valence-corrected chi connectivity index (χ0v) is 11.0. The number of benzene rings is 1. The van der Waals surface area contributed by atoms with Crippen LogP contribution in [0.5, 0.6) is 0 Å². The third-order valence-electron chi connectivity index (χ3n) is 2.97. The van der Waals surface area contributed by atoms with Crippen molar-refractivity contribution in [2.24, 2.45) is 5.41 Å². The van der Waals surface area contributed by atoms with Crippen LogP contribution in [0.15, 0.2) is 40.9 Å². The molecule has 1 atom stereocenters. The third-order valence-corrected chi connectivity index (χ3v) is 3.50. The second-order valence-corrected chi connectivity index (χ2v) is 5.37. The summed E-state index contributed by atoms with van der Waals surface area (Å²) in [6, 6.07) is 7.74. The van der Waals surface area contributed by atoms with Crippen molar-refractivity contribution in [2.75, 3.05) is 0 Å². The van der Waals surface area contributed by atoms with Gasteiger partial charge in [-0.15, -0.1) is 0 Å². The van der Waals surface area contributed by atoms with E-state index >= 15 is 0 Å². The maximum atomic E-state index is 10.2. The largest absolute Gasteiger partial charge is 0.388 e. The second kappa shape index (κ2) is 4.50.